The molecule has 10 heteroatoms. The smallest absolute Gasteiger partial charge is 0.338 e. The van der Waals surface area contributed by atoms with Crippen molar-refractivity contribution in [1.82, 2.24) is 9.78 Å². The molecule has 0 aliphatic heterocycles. The molecule has 2 N–H and O–H groups in total. The molecule has 0 aliphatic rings. The van der Waals surface area contributed by atoms with Crippen LogP contribution < -0.4 is 10.6 Å². The zero-order chi connectivity index (χ0) is 21.7. The summed E-state index contributed by atoms with van der Waals surface area (Å²) in [6.07, 6.45) is 1.82. The first-order valence-corrected chi connectivity index (χ1v) is 10.8. The van der Waals surface area contributed by atoms with Crippen molar-refractivity contribution in [3.8, 4) is 0 Å². The van der Waals surface area contributed by atoms with E-state index < -0.39 is 0 Å². The van der Waals surface area contributed by atoms with E-state index in [4.69, 9.17) is 40.2 Å². The SMILES string of the molecule is CCOC(=O)c1ccc(NC(=S)Nc2nn(Cc3ccc(Cl)cc3Cl)cc2Br)cc1. The average molecular weight is 528 g/mol. The molecule has 0 saturated carbocycles. The number of rotatable bonds is 6. The van der Waals surface area contributed by atoms with E-state index in [1.54, 1.807) is 48.0 Å². The maximum Gasteiger partial charge on any atom is 0.338 e. The van der Waals surface area contributed by atoms with Crippen LogP contribution in [0.15, 0.2) is 53.1 Å². The van der Waals surface area contributed by atoms with Gasteiger partial charge in [-0.3, -0.25) is 4.68 Å². The fourth-order valence-corrected chi connectivity index (χ4v) is 3.66. The van der Waals surface area contributed by atoms with Gasteiger partial charge in [-0.05, 0) is 77.0 Å². The number of anilines is 2. The van der Waals surface area contributed by atoms with Gasteiger partial charge in [-0.15, -0.1) is 0 Å². The van der Waals surface area contributed by atoms with Crippen LogP contribution in [0.1, 0.15) is 22.8 Å². The fourth-order valence-electron chi connectivity index (χ4n) is 2.56. The number of halogens is 3. The van der Waals surface area contributed by atoms with Gasteiger partial charge in [0.15, 0.2) is 10.9 Å². The van der Waals surface area contributed by atoms with Crippen LogP contribution in [0.3, 0.4) is 0 Å². The van der Waals surface area contributed by atoms with Crippen LogP contribution in [0, 0.1) is 0 Å². The lowest BCUT2D eigenvalue weighted by atomic mass is 10.2. The number of benzene rings is 2. The first kappa shape index (κ1) is 22.6. The van der Waals surface area contributed by atoms with E-state index in [2.05, 4.69) is 31.7 Å². The highest BCUT2D eigenvalue weighted by Crippen LogP contribution is 2.25. The van der Waals surface area contributed by atoms with Gasteiger partial charge in [0.05, 0.1) is 23.2 Å². The van der Waals surface area contributed by atoms with Crippen LogP contribution in [-0.2, 0) is 11.3 Å². The summed E-state index contributed by atoms with van der Waals surface area (Å²) in [5.41, 5.74) is 2.10. The van der Waals surface area contributed by atoms with Crippen molar-refractivity contribution in [2.75, 3.05) is 17.2 Å². The second-order valence-corrected chi connectivity index (χ2v) is 8.24. The molecule has 3 rings (SSSR count). The van der Waals surface area contributed by atoms with Gasteiger partial charge in [-0.25, -0.2) is 4.79 Å². The molecule has 30 heavy (non-hydrogen) atoms. The Morgan fingerprint density at radius 3 is 2.60 bits per heavy atom. The molecule has 0 atom stereocenters. The maximum atomic E-state index is 11.7. The van der Waals surface area contributed by atoms with Crippen molar-refractivity contribution in [3.05, 3.63) is 74.3 Å². The number of aromatic nitrogens is 2. The Morgan fingerprint density at radius 2 is 1.93 bits per heavy atom. The normalized spacial score (nSPS) is 10.5. The summed E-state index contributed by atoms with van der Waals surface area (Å²) in [4.78, 5) is 11.7. The van der Waals surface area contributed by atoms with Crippen LogP contribution in [0.25, 0.3) is 0 Å². The van der Waals surface area contributed by atoms with Crippen molar-refractivity contribution in [2.24, 2.45) is 0 Å². The maximum absolute atomic E-state index is 11.7. The summed E-state index contributed by atoms with van der Waals surface area (Å²) in [6, 6.07) is 12.2. The Kier molecular flexibility index (Phi) is 7.71. The van der Waals surface area contributed by atoms with E-state index in [-0.39, 0.29) is 5.97 Å². The second-order valence-electron chi connectivity index (χ2n) is 6.14. The molecule has 0 bridgehead atoms. The number of carbonyl (C=O) groups is 1. The monoisotopic (exact) mass is 526 g/mol. The van der Waals surface area contributed by atoms with E-state index >= 15 is 0 Å². The minimum atomic E-state index is -0.361. The number of carbonyl (C=O) groups excluding carboxylic acids is 1. The van der Waals surface area contributed by atoms with Crippen LogP contribution in [0.5, 0.6) is 0 Å². The number of esters is 1. The third-order valence-corrected chi connectivity index (χ3v) is 5.32. The van der Waals surface area contributed by atoms with Gasteiger partial charge in [0.1, 0.15) is 0 Å². The van der Waals surface area contributed by atoms with Crippen molar-refractivity contribution in [1.29, 1.82) is 0 Å². The van der Waals surface area contributed by atoms with E-state index in [1.165, 1.54) is 0 Å². The molecular weight excluding hydrogens is 511 g/mol. The Morgan fingerprint density at radius 1 is 1.20 bits per heavy atom. The van der Waals surface area contributed by atoms with Crippen molar-refractivity contribution < 1.29 is 9.53 Å². The molecule has 1 heterocycles. The number of hydrogen-bond donors (Lipinski definition) is 2. The number of ether oxygens (including phenoxy) is 1. The highest BCUT2D eigenvalue weighted by molar-refractivity contribution is 9.10. The number of nitrogens with zero attached hydrogens (tertiary/aromatic N) is 2. The first-order chi connectivity index (χ1) is 14.4. The molecule has 0 amide bonds. The van der Waals surface area contributed by atoms with Crippen LogP contribution in [-0.4, -0.2) is 27.5 Å². The molecule has 156 valence electrons. The molecule has 0 radical (unpaired) electrons. The Balaban J connectivity index is 1.62. The summed E-state index contributed by atoms with van der Waals surface area (Å²) in [6.45, 7) is 2.58. The van der Waals surface area contributed by atoms with Gasteiger partial charge >= 0.3 is 5.97 Å². The zero-order valence-corrected chi connectivity index (χ0v) is 19.7. The molecule has 0 unspecified atom stereocenters. The quantitative estimate of drug-likeness (QED) is 0.303. The Labute approximate surface area is 197 Å². The minimum absolute atomic E-state index is 0.332. The summed E-state index contributed by atoms with van der Waals surface area (Å²) >= 11 is 21.0. The standard InChI is InChI=1S/C20H17BrCl2N4O2S/c1-2-29-19(28)12-4-7-15(8-5-12)24-20(30)25-18-16(21)11-27(26-18)10-13-3-6-14(22)9-17(13)23/h3-9,11H,2,10H2,1H3,(H2,24,25,26,30). The predicted octanol–water partition coefficient (Wildman–Crippen LogP) is 5.99. The lowest BCUT2D eigenvalue weighted by Gasteiger charge is -2.10. The summed E-state index contributed by atoms with van der Waals surface area (Å²) in [5.74, 6) is 0.195. The zero-order valence-electron chi connectivity index (χ0n) is 15.8. The van der Waals surface area contributed by atoms with E-state index in [9.17, 15) is 4.79 Å². The molecule has 6 nitrogen and oxygen atoms in total. The van der Waals surface area contributed by atoms with Crippen molar-refractivity contribution in [2.45, 2.75) is 13.5 Å². The summed E-state index contributed by atoms with van der Waals surface area (Å²) in [5, 5.41) is 12.1. The largest absolute Gasteiger partial charge is 0.462 e. The number of nitrogens with one attached hydrogen (secondary N) is 2. The third kappa shape index (κ3) is 5.95. The predicted molar refractivity (Wildman–Crippen MR) is 128 cm³/mol. The van der Waals surface area contributed by atoms with Gasteiger partial charge in [-0.2, -0.15) is 5.10 Å². The molecule has 0 saturated heterocycles. The minimum Gasteiger partial charge on any atom is -0.462 e. The lowest BCUT2D eigenvalue weighted by molar-refractivity contribution is 0.0526. The van der Waals surface area contributed by atoms with Crippen LogP contribution >= 0.6 is 51.3 Å². The van der Waals surface area contributed by atoms with Gasteiger partial charge in [0.25, 0.3) is 0 Å². The topological polar surface area (TPSA) is 68.2 Å². The Hall–Kier alpha value is -2.13. The van der Waals surface area contributed by atoms with Crippen LogP contribution in [0.4, 0.5) is 11.5 Å². The van der Waals surface area contributed by atoms with Gasteiger partial charge in [0.2, 0.25) is 0 Å². The average Bonchev–Trinajstić information content (AvgIpc) is 3.03. The van der Waals surface area contributed by atoms with E-state index in [0.29, 0.717) is 39.7 Å². The lowest BCUT2D eigenvalue weighted by Crippen LogP contribution is -2.20. The van der Waals surface area contributed by atoms with Crippen molar-refractivity contribution >= 4 is 73.9 Å². The fraction of sp³-hybridized carbons (Fsp3) is 0.150. The van der Waals surface area contributed by atoms with Crippen LogP contribution in [0.2, 0.25) is 10.0 Å². The molecule has 0 fully saturated rings. The molecule has 3 aromatic rings. The number of thiocarbonyl (C=S) groups is 1. The highest BCUT2D eigenvalue weighted by atomic mass is 79.9. The molecular formula is C20H17BrCl2N4O2S. The highest BCUT2D eigenvalue weighted by Gasteiger charge is 2.11. The van der Waals surface area contributed by atoms with Gasteiger partial charge in [0, 0.05) is 21.9 Å². The van der Waals surface area contributed by atoms with Crippen molar-refractivity contribution in [3.63, 3.8) is 0 Å². The van der Waals surface area contributed by atoms with Gasteiger partial charge in [-0.1, -0.05) is 29.3 Å². The third-order valence-electron chi connectivity index (χ3n) is 3.95. The second kappa shape index (κ2) is 10.3. The van der Waals surface area contributed by atoms with E-state index in [0.717, 1.165) is 15.7 Å². The number of hydrogen-bond acceptors (Lipinski definition) is 4. The summed E-state index contributed by atoms with van der Waals surface area (Å²) < 4.78 is 7.45. The van der Waals surface area contributed by atoms with Gasteiger partial charge < -0.3 is 15.4 Å². The summed E-state index contributed by atoms with van der Waals surface area (Å²) in [7, 11) is 0. The first-order valence-electron chi connectivity index (χ1n) is 8.87. The molecule has 0 spiro atoms. The Bertz CT molecular complexity index is 1070. The molecule has 1 aromatic heterocycles. The molecule has 0 aliphatic carbocycles. The van der Waals surface area contributed by atoms with E-state index in [1.807, 2.05) is 12.3 Å². The molecule has 2 aromatic carbocycles.